The fourth-order valence-corrected chi connectivity index (χ4v) is 7.46. The second-order valence-electron chi connectivity index (χ2n) is 13.1. The number of amides is 1. The van der Waals surface area contributed by atoms with E-state index in [-0.39, 0.29) is 26.7 Å². The van der Waals surface area contributed by atoms with E-state index in [4.69, 9.17) is 32.7 Å². The quantitative estimate of drug-likeness (QED) is 0.128. The molecule has 1 amide bonds. The number of halogens is 2. The lowest BCUT2D eigenvalue weighted by molar-refractivity contribution is 0.0619. The molecule has 0 unspecified atom stereocenters. The molecule has 1 aliphatic heterocycles. The molecule has 0 radical (unpaired) electrons. The third kappa shape index (κ3) is 8.44. The minimum atomic E-state index is -3.90. The molecule has 1 fully saturated rings. The number of pyridine rings is 1. The lowest BCUT2D eigenvalue weighted by atomic mass is 10.1. The maximum Gasteiger partial charge on any atom is 0.270 e. The zero-order chi connectivity index (χ0) is 36.3. The highest BCUT2D eigenvalue weighted by atomic mass is 35.5. The molecule has 51 heavy (non-hydrogen) atoms. The third-order valence-electron chi connectivity index (χ3n) is 9.05. The predicted octanol–water partition coefficient (Wildman–Crippen LogP) is 7.88. The van der Waals surface area contributed by atoms with E-state index in [1.165, 1.54) is 37.0 Å². The maximum atomic E-state index is 13.6. The zero-order valence-electron chi connectivity index (χ0n) is 29.1. The molecular weight excluding hydrogens is 709 g/mol. The second kappa shape index (κ2) is 15.5. The van der Waals surface area contributed by atoms with E-state index in [9.17, 15) is 13.2 Å². The van der Waals surface area contributed by atoms with Gasteiger partial charge in [-0.15, -0.1) is 0 Å². The van der Waals surface area contributed by atoms with Crippen LogP contribution in [0, 0.1) is 5.92 Å². The summed E-state index contributed by atoms with van der Waals surface area (Å²) in [5.74, 6) is 2.33. The summed E-state index contributed by atoms with van der Waals surface area (Å²) in [4.78, 5) is 22.3. The van der Waals surface area contributed by atoms with E-state index in [2.05, 4.69) is 35.9 Å². The monoisotopic (exact) mass is 749 g/mol. The van der Waals surface area contributed by atoms with Crippen molar-refractivity contribution in [1.82, 2.24) is 19.4 Å². The molecule has 0 N–H and O–H groups in total. The number of nitrogens with zero attached hydrogens (tertiary/aromatic N) is 5. The van der Waals surface area contributed by atoms with Gasteiger partial charge in [0.1, 0.15) is 17.2 Å². The lowest BCUT2D eigenvalue weighted by Gasteiger charge is -2.34. The topological polar surface area (TPSA) is 97.2 Å². The Bertz CT molecular complexity index is 2110. The standard InChI is InChI=1S/C38H41Cl2N5O5S/c1-26(2)15-20-49-30-9-5-27(6-10-30)25-44-16-18-45(19-17-44)38(46)36-21-28-7-11-31(22-35(28)42(36)3)50-37-14-8-29(24-41-37)43(4)51(47,48)32-12-13-33(39)34(40)23-32/h5-14,21-24,26H,15-20,25H2,1-4H3. The molecule has 3 aromatic carbocycles. The molecule has 0 atom stereocenters. The summed E-state index contributed by atoms with van der Waals surface area (Å²) in [6.45, 7) is 8.83. The molecule has 2 aromatic heterocycles. The molecule has 1 saturated heterocycles. The number of anilines is 1. The van der Waals surface area contributed by atoms with Crippen molar-refractivity contribution in [3.63, 3.8) is 0 Å². The highest BCUT2D eigenvalue weighted by molar-refractivity contribution is 7.92. The summed E-state index contributed by atoms with van der Waals surface area (Å²) in [5.41, 5.74) is 3.02. The Morgan fingerprint density at radius 2 is 1.63 bits per heavy atom. The van der Waals surface area contributed by atoms with E-state index in [0.717, 1.165) is 53.6 Å². The highest BCUT2D eigenvalue weighted by Gasteiger charge is 2.26. The Kier molecular flexibility index (Phi) is 11.1. The summed E-state index contributed by atoms with van der Waals surface area (Å²) in [5, 5.41) is 1.33. The van der Waals surface area contributed by atoms with Gasteiger partial charge in [-0.05, 0) is 72.5 Å². The van der Waals surface area contributed by atoms with Crippen molar-refractivity contribution in [3.05, 3.63) is 106 Å². The second-order valence-corrected chi connectivity index (χ2v) is 15.8. The van der Waals surface area contributed by atoms with Gasteiger partial charge in [-0.3, -0.25) is 14.0 Å². The van der Waals surface area contributed by atoms with E-state index >= 15 is 0 Å². The fourth-order valence-electron chi connectivity index (χ4n) is 5.89. The van der Waals surface area contributed by atoms with Crippen molar-refractivity contribution in [1.29, 1.82) is 0 Å². The van der Waals surface area contributed by atoms with Crippen molar-refractivity contribution >= 4 is 55.7 Å². The van der Waals surface area contributed by atoms with Crippen LogP contribution in [0.5, 0.6) is 17.4 Å². The van der Waals surface area contributed by atoms with Crippen LogP contribution in [-0.2, 0) is 23.6 Å². The number of hydrogen-bond donors (Lipinski definition) is 0. The minimum absolute atomic E-state index is 0.00378. The Morgan fingerprint density at radius 1 is 0.902 bits per heavy atom. The number of ether oxygens (including phenoxy) is 2. The Morgan fingerprint density at radius 3 is 2.29 bits per heavy atom. The van der Waals surface area contributed by atoms with Gasteiger partial charge in [0, 0.05) is 64.3 Å². The SMILES string of the molecule is CC(C)CCOc1ccc(CN2CCN(C(=O)c3cc4ccc(Oc5ccc(N(C)S(=O)(=O)c6ccc(Cl)c(Cl)c6)cn5)cc4n3C)CC2)cc1. The average molecular weight is 751 g/mol. The van der Waals surface area contributed by atoms with Crippen molar-refractivity contribution in [2.24, 2.45) is 13.0 Å². The first-order valence-corrected chi connectivity index (χ1v) is 19.0. The number of benzene rings is 3. The molecule has 5 aromatic rings. The van der Waals surface area contributed by atoms with E-state index in [1.54, 1.807) is 12.1 Å². The molecule has 10 nitrogen and oxygen atoms in total. The van der Waals surface area contributed by atoms with E-state index in [1.807, 2.05) is 52.9 Å². The van der Waals surface area contributed by atoms with Gasteiger partial charge >= 0.3 is 0 Å². The molecule has 1 aliphatic rings. The number of fused-ring (bicyclic) bond motifs is 1. The first-order valence-electron chi connectivity index (χ1n) is 16.8. The van der Waals surface area contributed by atoms with Crippen LogP contribution >= 0.6 is 23.2 Å². The van der Waals surface area contributed by atoms with Gasteiger partial charge < -0.3 is 18.9 Å². The van der Waals surface area contributed by atoms with Crippen molar-refractivity contribution in [2.75, 3.05) is 44.1 Å². The smallest absolute Gasteiger partial charge is 0.270 e. The first kappa shape index (κ1) is 36.5. The number of sulfonamides is 1. The molecule has 0 spiro atoms. The molecule has 0 saturated carbocycles. The number of aromatic nitrogens is 2. The molecular formula is C38H41Cl2N5O5S. The highest BCUT2D eigenvalue weighted by Crippen LogP contribution is 2.31. The van der Waals surface area contributed by atoms with Crippen LogP contribution in [0.4, 0.5) is 5.69 Å². The summed E-state index contributed by atoms with van der Waals surface area (Å²) in [7, 11) is -0.586. The van der Waals surface area contributed by atoms with Gasteiger partial charge in [-0.2, -0.15) is 0 Å². The summed E-state index contributed by atoms with van der Waals surface area (Å²) in [6, 6.07) is 23.2. The van der Waals surface area contributed by atoms with Crippen molar-refractivity contribution in [2.45, 2.75) is 31.7 Å². The van der Waals surface area contributed by atoms with Crippen LogP contribution in [0.1, 0.15) is 36.3 Å². The van der Waals surface area contributed by atoms with Crippen LogP contribution in [0.25, 0.3) is 10.9 Å². The largest absolute Gasteiger partial charge is 0.494 e. The van der Waals surface area contributed by atoms with Gasteiger partial charge in [0.15, 0.2) is 0 Å². The van der Waals surface area contributed by atoms with Crippen LogP contribution in [-0.4, -0.2) is 73.5 Å². The van der Waals surface area contributed by atoms with Crippen LogP contribution in [0.15, 0.2) is 90.0 Å². The van der Waals surface area contributed by atoms with Crippen LogP contribution in [0.2, 0.25) is 10.0 Å². The average Bonchev–Trinajstić information content (AvgIpc) is 3.45. The van der Waals surface area contributed by atoms with Crippen molar-refractivity contribution in [3.8, 4) is 17.4 Å². The third-order valence-corrected chi connectivity index (χ3v) is 11.6. The van der Waals surface area contributed by atoms with E-state index < -0.39 is 10.0 Å². The first-order chi connectivity index (χ1) is 24.4. The Hall–Kier alpha value is -4.29. The van der Waals surface area contributed by atoms with Gasteiger partial charge in [0.2, 0.25) is 5.88 Å². The molecule has 0 aliphatic carbocycles. The number of rotatable bonds is 12. The summed E-state index contributed by atoms with van der Waals surface area (Å²) < 4.78 is 41.2. The maximum absolute atomic E-state index is 13.6. The number of hydrogen-bond acceptors (Lipinski definition) is 7. The van der Waals surface area contributed by atoms with Crippen LogP contribution in [0.3, 0.4) is 0 Å². The van der Waals surface area contributed by atoms with Gasteiger partial charge in [0.25, 0.3) is 15.9 Å². The normalized spacial score (nSPS) is 13.9. The lowest BCUT2D eigenvalue weighted by Crippen LogP contribution is -2.48. The molecule has 13 heteroatoms. The Balaban J connectivity index is 1.05. The van der Waals surface area contributed by atoms with Gasteiger partial charge in [-0.25, -0.2) is 13.4 Å². The number of carbonyl (C=O) groups is 1. The van der Waals surface area contributed by atoms with E-state index in [0.29, 0.717) is 36.1 Å². The molecule has 3 heterocycles. The number of aryl methyl sites for hydroxylation is 1. The summed E-state index contributed by atoms with van der Waals surface area (Å²) in [6.07, 6.45) is 2.45. The zero-order valence-corrected chi connectivity index (χ0v) is 31.4. The van der Waals surface area contributed by atoms with Crippen molar-refractivity contribution < 1.29 is 22.7 Å². The Labute approximate surface area is 309 Å². The van der Waals surface area contributed by atoms with Crippen LogP contribution < -0.4 is 13.8 Å². The predicted molar refractivity (Wildman–Crippen MR) is 202 cm³/mol. The van der Waals surface area contributed by atoms with Gasteiger partial charge in [-0.1, -0.05) is 49.2 Å². The summed E-state index contributed by atoms with van der Waals surface area (Å²) >= 11 is 12.0. The molecule has 0 bridgehead atoms. The molecule has 268 valence electrons. The fraction of sp³-hybridized carbons (Fsp3) is 0.316. The van der Waals surface area contributed by atoms with Gasteiger partial charge in [0.05, 0.1) is 38.9 Å². The molecule has 6 rings (SSSR count). The number of piperazine rings is 1. The number of carbonyl (C=O) groups excluding carboxylic acids is 1. The minimum Gasteiger partial charge on any atom is -0.494 e.